The van der Waals surface area contributed by atoms with Gasteiger partial charge < -0.3 is 10.6 Å². The molecule has 0 unspecified atom stereocenters. The van der Waals surface area contributed by atoms with Crippen LogP contribution in [0.15, 0.2) is 10.4 Å². The first-order valence-corrected chi connectivity index (χ1v) is 10.1. The molecule has 0 aromatic carbocycles. The van der Waals surface area contributed by atoms with Gasteiger partial charge in [0.05, 0.1) is 10.7 Å². The molecule has 1 saturated heterocycles. The minimum absolute atomic E-state index is 0.156. The Hall–Kier alpha value is -1.14. The van der Waals surface area contributed by atoms with Crippen LogP contribution >= 0.6 is 11.3 Å². The Kier molecular flexibility index (Phi) is 7.49. The van der Waals surface area contributed by atoms with Crippen molar-refractivity contribution < 1.29 is 0 Å². The molecule has 1 aliphatic heterocycles. The van der Waals surface area contributed by atoms with E-state index in [1.54, 1.807) is 11.3 Å². The zero-order valence-corrected chi connectivity index (χ0v) is 16.5. The summed E-state index contributed by atoms with van der Waals surface area (Å²) in [4.78, 5) is 11.6. The lowest BCUT2D eigenvalue weighted by molar-refractivity contribution is 0.0982. The second-order valence-electron chi connectivity index (χ2n) is 7.05. The number of nitrogens with zero attached hydrogens (tertiary/aromatic N) is 3. The monoisotopic (exact) mass is 351 g/mol. The summed E-state index contributed by atoms with van der Waals surface area (Å²) in [5.41, 5.74) is 1.33. The molecule has 0 radical (unpaired) electrons. The molecule has 0 bridgehead atoms. The molecular weight excluding hydrogens is 318 g/mol. The number of aromatic nitrogens is 1. The lowest BCUT2D eigenvalue weighted by Crippen LogP contribution is -2.55. The Balaban J connectivity index is 1.73. The summed E-state index contributed by atoms with van der Waals surface area (Å²) in [7, 11) is 1.83. The van der Waals surface area contributed by atoms with Crippen molar-refractivity contribution in [3.8, 4) is 0 Å². The van der Waals surface area contributed by atoms with Crippen LogP contribution in [0.4, 0.5) is 0 Å². The van der Waals surface area contributed by atoms with Crippen LogP contribution in [0, 0.1) is 0 Å². The summed E-state index contributed by atoms with van der Waals surface area (Å²) in [6.07, 6.45) is 5.98. The first kappa shape index (κ1) is 19.2. The highest BCUT2D eigenvalue weighted by atomic mass is 32.1. The zero-order valence-electron chi connectivity index (χ0n) is 15.7. The molecule has 2 N–H and O–H groups in total. The Morgan fingerprint density at radius 3 is 2.67 bits per heavy atom. The van der Waals surface area contributed by atoms with Gasteiger partial charge in [-0.25, -0.2) is 4.98 Å². The average molecular weight is 352 g/mol. The number of piperidine rings is 1. The van der Waals surface area contributed by atoms with Crippen molar-refractivity contribution >= 4 is 17.3 Å². The number of rotatable bonds is 7. The number of hydrogen-bond acceptors (Lipinski definition) is 4. The molecule has 0 atom stereocenters. The van der Waals surface area contributed by atoms with Crippen LogP contribution in [0.5, 0.6) is 0 Å². The molecule has 6 heteroatoms. The van der Waals surface area contributed by atoms with E-state index in [-0.39, 0.29) is 5.54 Å². The van der Waals surface area contributed by atoms with E-state index in [0.717, 1.165) is 31.9 Å². The van der Waals surface area contributed by atoms with Gasteiger partial charge >= 0.3 is 0 Å². The van der Waals surface area contributed by atoms with Crippen molar-refractivity contribution in [2.75, 3.05) is 33.2 Å². The van der Waals surface area contributed by atoms with E-state index in [2.05, 4.69) is 51.7 Å². The van der Waals surface area contributed by atoms with Gasteiger partial charge in [-0.2, -0.15) is 0 Å². The number of thiazole rings is 1. The van der Waals surface area contributed by atoms with Gasteiger partial charge in [-0.05, 0) is 46.2 Å². The molecular formula is C18H33N5S. The fourth-order valence-electron chi connectivity index (χ4n) is 3.07. The van der Waals surface area contributed by atoms with Crippen molar-refractivity contribution in [2.24, 2.45) is 4.99 Å². The Morgan fingerprint density at radius 1 is 1.29 bits per heavy atom. The smallest absolute Gasteiger partial charge is 0.191 e. The van der Waals surface area contributed by atoms with Gasteiger partial charge in [0.15, 0.2) is 5.96 Å². The SMILES string of the molecule is CCc1nc(CCNC(=NC)NCC(C)(C)N2CCCCC2)cs1. The molecule has 0 spiro atoms. The molecule has 136 valence electrons. The van der Waals surface area contributed by atoms with Crippen LogP contribution in [0.2, 0.25) is 0 Å². The van der Waals surface area contributed by atoms with Gasteiger partial charge in [0.1, 0.15) is 0 Å². The maximum absolute atomic E-state index is 4.61. The molecule has 0 saturated carbocycles. The highest BCUT2D eigenvalue weighted by Gasteiger charge is 2.27. The third-order valence-corrected chi connectivity index (χ3v) is 5.74. The van der Waals surface area contributed by atoms with E-state index in [1.165, 1.54) is 43.1 Å². The zero-order chi connectivity index (χ0) is 17.4. The fraction of sp³-hybridized carbons (Fsp3) is 0.778. The first-order chi connectivity index (χ1) is 11.5. The number of hydrogen-bond donors (Lipinski definition) is 2. The first-order valence-electron chi connectivity index (χ1n) is 9.18. The highest BCUT2D eigenvalue weighted by molar-refractivity contribution is 7.09. The van der Waals surface area contributed by atoms with E-state index in [1.807, 2.05) is 7.05 Å². The van der Waals surface area contributed by atoms with Gasteiger partial charge in [0.25, 0.3) is 0 Å². The molecule has 1 aromatic heterocycles. The van der Waals surface area contributed by atoms with E-state index >= 15 is 0 Å². The number of aryl methyl sites for hydroxylation is 1. The molecule has 1 aromatic rings. The minimum Gasteiger partial charge on any atom is -0.356 e. The van der Waals surface area contributed by atoms with Crippen molar-refractivity contribution in [1.82, 2.24) is 20.5 Å². The summed E-state index contributed by atoms with van der Waals surface area (Å²) >= 11 is 1.75. The minimum atomic E-state index is 0.156. The number of guanidine groups is 1. The fourth-order valence-corrected chi connectivity index (χ4v) is 3.85. The number of nitrogens with one attached hydrogen (secondary N) is 2. The third-order valence-electron chi connectivity index (χ3n) is 4.70. The van der Waals surface area contributed by atoms with Crippen LogP contribution in [-0.2, 0) is 12.8 Å². The molecule has 2 heterocycles. The lowest BCUT2D eigenvalue weighted by atomic mass is 9.98. The van der Waals surface area contributed by atoms with Crippen LogP contribution in [0.3, 0.4) is 0 Å². The second kappa shape index (κ2) is 9.37. The van der Waals surface area contributed by atoms with Gasteiger partial charge in [0.2, 0.25) is 0 Å². The quantitative estimate of drug-likeness (QED) is 0.586. The molecule has 0 aliphatic carbocycles. The highest BCUT2D eigenvalue weighted by Crippen LogP contribution is 2.19. The van der Waals surface area contributed by atoms with Gasteiger partial charge in [-0.15, -0.1) is 11.3 Å². The predicted octanol–water partition coefficient (Wildman–Crippen LogP) is 2.68. The summed E-state index contributed by atoms with van der Waals surface area (Å²) < 4.78 is 0. The summed E-state index contributed by atoms with van der Waals surface area (Å²) in [5.74, 6) is 0.881. The normalized spacial score (nSPS) is 17.1. The van der Waals surface area contributed by atoms with E-state index < -0.39 is 0 Å². The predicted molar refractivity (Wildman–Crippen MR) is 104 cm³/mol. The van der Waals surface area contributed by atoms with Crippen LogP contribution < -0.4 is 10.6 Å². The van der Waals surface area contributed by atoms with Gasteiger partial charge in [-0.1, -0.05) is 13.3 Å². The van der Waals surface area contributed by atoms with E-state index in [4.69, 9.17) is 0 Å². The molecule has 24 heavy (non-hydrogen) atoms. The Labute approximate surface area is 151 Å². The molecule has 5 nitrogen and oxygen atoms in total. The average Bonchev–Trinajstić information content (AvgIpc) is 3.06. The molecule has 1 aliphatic rings. The number of likely N-dealkylation sites (tertiary alicyclic amines) is 1. The van der Waals surface area contributed by atoms with Crippen LogP contribution in [-0.4, -0.2) is 54.6 Å². The maximum atomic E-state index is 4.61. The molecule has 1 fully saturated rings. The lowest BCUT2D eigenvalue weighted by Gasteiger charge is -2.41. The number of aliphatic imine (C=N–C) groups is 1. The van der Waals surface area contributed by atoms with Crippen molar-refractivity contribution in [2.45, 2.75) is 58.4 Å². The maximum Gasteiger partial charge on any atom is 0.191 e. The van der Waals surface area contributed by atoms with Crippen LogP contribution in [0.1, 0.15) is 50.7 Å². The molecule has 2 rings (SSSR count). The molecule has 0 amide bonds. The van der Waals surface area contributed by atoms with Crippen LogP contribution in [0.25, 0.3) is 0 Å². The standard InChI is InChI=1S/C18H33N5S/c1-5-16-22-15(13-24-16)9-10-20-17(19-4)21-14-18(2,3)23-11-7-6-8-12-23/h13H,5-12,14H2,1-4H3,(H2,19,20,21). The van der Waals surface area contributed by atoms with Gasteiger partial charge in [-0.3, -0.25) is 9.89 Å². The van der Waals surface area contributed by atoms with Crippen molar-refractivity contribution in [1.29, 1.82) is 0 Å². The second-order valence-corrected chi connectivity index (χ2v) is 7.99. The summed E-state index contributed by atoms with van der Waals surface area (Å²) in [6.45, 7) is 11.0. The van der Waals surface area contributed by atoms with Crippen molar-refractivity contribution in [3.63, 3.8) is 0 Å². The largest absolute Gasteiger partial charge is 0.356 e. The third kappa shape index (κ3) is 5.74. The van der Waals surface area contributed by atoms with Gasteiger partial charge in [0, 0.05) is 37.5 Å². The topological polar surface area (TPSA) is 52.6 Å². The van der Waals surface area contributed by atoms with Crippen molar-refractivity contribution in [3.05, 3.63) is 16.1 Å². The van der Waals surface area contributed by atoms with E-state index in [9.17, 15) is 0 Å². The Morgan fingerprint density at radius 2 is 2.04 bits per heavy atom. The summed E-state index contributed by atoms with van der Waals surface area (Å²) in [5, 5.41) is 10.3. The summed E-state index contributed by atoms with van der Waals surface area (Å²) in [6, 6.07) is 0. The van der Waals surface area contributed by atoms with E-state index in [0.29, 0.717) is 0 Å². The Bertz CT molecular complexity index is 517.